The van der Waals surface area contributed by atoms with Gasteiger partial charge in [0.05, 0.1) is 5.02 Å². The number of halogens is 2. The fraction of sp³-hybridized carbons (Fsp3) is 0.200. The maximum atomic E-state index is 13.2. The van der Waals surface area contributed by atoms with E-state index in [-0.39, 0.29) is 5.02 Å². The summed E-state index contributed by atoms with van der Waals surface area (Å²) in [6.45, 7) is 4.26. The maximum absolute atomic E-state index is 13.2. The van der Waals surface area contributed by atoms with Gasteiger partial charge in [-0.05, 0) is 35.7 Å². The van der Waals surface area contributed by atoms with Crippen LogP contribution in [-0.4, -0.2) is 0 Å². The van der Waals surface area contributed by atoms with Gasteiger partial charge in [-0.15, -0.1) is 0 Å². The second-order valence-corrected chi connectivity index (χ2v) is 4.81. The van der Waals surface area contributed by atoms with Crippen LogP contribution in [0.2, 0.25) is 5.02 Å². The van der Waals surface area contributed by atoms with Gasteiger partial charge in [-0.2, -0.15) is 0 Å². The Morgan fingerprint density at radius 3 is 2.17 bits per heavy atom. The summed E-state index contributed by atoms with van der Waals surface area (Å²) in [7, 11) is 0. The van der Waals surface area contributed by atoms with Crippen LogP contribution in [0.1, 0.15) is 25.3 Å². The molecule has 0 heterocycles. The summed E-state index contributed by atoms with van der Waals surface area (Å²) >= 11 is 5.61. The van der Waals surface area contributed by atoms with Gasteiger partial charge in [0.15, 0.2) is 0 Å². The molecule has 0 fully saturated rings. The third kappa shape index (κ3) is 3.02. The fourth-order valence-electron chi connectivity index (χ4n) is 1.60. The van der Waals surface area contributed by atoms with E-state index in [1.54, 1.807) is 6.07 Å². The summed E-state index contributed by atoms with van der Waals surface area (Å²) in [5, 5.41) is 0.0949. The lowest BCUT2D eigenvalue weighted by Crippen LogP contribution is -1.89. The van der Waals surface area contributed by atoms with E-state index in [0.29, 0.717) is 17.4 Å². The fourth-order valence-corrected chi connectivity index (χ4v) is 1.71. The van der Waals surface area contributed by atoms with Crippen LogP contribution >= 0.6 is 11.6 Å². The number of hydrogen-bond donors (Lipinski definition) is 0. The minimum absolute atomic E-state index is 0.0949. The molecule has 3 heteroatoms. The quantitative estimate of drug-likeness (QED) is 0.722. The van der Waals surface area contributed by atoms with Gasteiger partial charge >= 0.3 is 0 Å². The molecule has 2 aromatic carbocycles. The summed E-state index contributed by atoms with van der Waals surface area (Å²) < 4.78 is 18.8. The Hall–Kier alpha value is -1.54. The molecule has 18 heavy (non-hydrogen) atoms. The average Bonchev–Trinajstić information content (AvgIpc) is 2.34. The van der Waals surface area contributed by atoms with E-state index in [1.807, 2.05) is 24.3 Å². The smallest absolute Gasteiger partial charge is 0.145 e. The number of benzene rings is 2. The third-order valence-corrected chi connectivity index (χ3v) is 2.98. The average molecular weight is 265 g/mol. The van der Waals surface area contributed by atoms with Crippen LogP contribution in [0.4, 0.5) is 4.39 Å². The second kappa shape index (κ2) is 5.40. The maximum Gasteiger partial charge on any atom is 0.145 e. The van der Waals surface area contributed by atoms with Gasteiger partial charge < -0.3 is 4.74 Å². The Labute approximate surface area is 111 Å². The van der Waals surface area contributed by atoms with Gasteiger partial charge in [0.1, 0.15) is 17.3 Å². The van der Waals surface area contributed by atoms with Crippen molar-refractivity contribution in [3.8, 4) is 11.5 Å². The lowest BCUT2D eigenvalue weighted by molar-refractivity contribution is 0.476. The Morgan fingerprint density at radius 1 is 1.00 bits per heavy atom. The topological polar surface area (TPSA) is 9.23 Å². The van der Waals surface area contributed by atoms with Gasteiger partial charge in [-0.3, -0.25) is 0 Å². The van der Waals surface area contributed by atoms with Crippen LogP contribution < -0.4 is 4.74 Å². The molecule has 2 aromatic rings. The van der Waals surface area contributed by atoms with E-state index in [0.717, 1.165) is 0 Å². The molecular weight excluding hydrogens is 251 g/mol. The van der Waals surface area contributed by atoms with Crippen LogP contribution in [0.15, 0.2) is 42.5 Å². The standard InChI is InChI=1S/C15H14ClFO/c1-10(2)11-3-5-12(6-4-11)18-13-7-8-14(16)15(17)9-13/h3-10H,1-2H3. The Bertz CT molecular complexity index is 535. The normalized spacial score (nSPS) is 10.7. The first kappa shape index (κ1) is 12.9. The monoisotopic (exact) mass is 264 g/mol. The Kier molecular flexibility index (Phi) is 3.87. The molecular formula is C15H14ClFO. The van der Waals surface area contributed by atoms with Gasteiger partial charge in [-0.1, -0.05) is 37.6 Å². The van der Waals surface area contributed by atoms with Crippen LogP contribution in [-0.2, 0) is 0 Å². The number of hydrogen-bond acceptors (Lipinski definition) is 1. The van der Waals surface area contributed by atoms with Crippen molar-refractivity contribution in [2.24, 2.45) is 0 Å². The first-order valence-corrected chi connectivity index (χ1v) is 6.17. The minimum atomic E-state index is -0.479. The zero-order chi connectivity index (χ0) is 13.1. The SMILES string of the molecule is CC(C)c1ccc(Oc2ccc(Cl)c(F)c2)cc1. The molecule has 0 spiro atoms. The molecule has 0 unspecified atom stereocenters. The molecule has 0 saturated carbocycles. The zero-order valence-electron chi connectivity index (χ0n) is 10.3. The van der Waals surface area contributed by atoms with E-state index in [4.69, 9.17) is 16.3 Å². The summed E-state index contributed by atoms with van der Waals surface area (Å²) in [6.07, 6.45) is 0. The highest BCUT2D eigenvalue weighted by atomic mass is 35.5. The van der Waals surface area contributed by atoms with Crippen LogP contribution in [0.5, 0.6) is 11.5 Å². The molecule has 0 bridgehead atoms. The zero-order valence-corrected chi connectivity index (χ0v) is 11.0. The molecule has 94 valence electrons. The lowest BCUT2D eigenvalue weighted by atomic mass is 10.0. The second-order valence-electron chi connectivity index (χ2n) is 4.40. The summed E-state index contributed by atoms with van der Waals surface area (Å²) in [4.78, 5) is 0. The van der Waals surface area contributed by atoms with Crippen molar-refractivity contribution in [3.05, 3.63) is 58.9 Å². The van der Waals surface area contributed by atoms with Crippen molar-refractivity contribution in [3.63, 3.8) is 0 Å². The van der Waals surface area contributed by atoms with Crippen molar-refractivity contribution in [1.82, 2.24) is 0 Å². The minimum Gasteiger partial charge on any atom is -0.457 e. The molecule has 0 saturated heterocycles. The molecule has 2 rings (SSSR count). The van der Waals surface area contributed by atoms with Crippen LogP contribution in [0.25, 0.3) is 0 Å². The van der Waals surface area contributed by atoms with E-state index in [2.05, 4.69) is 13.8 Å². The van der Waals surface area contributed by atoms with Crippen LogP contribution in [0.3, 0.4) is 0 Å². The molecule has 0 aliphatic heterocycles. The first-order valence-electron chi connectivity index (χ1n) is 5.79. The van der Waals surface area contributed by atoms with Gasteiger partial charge in [0.25, 0.3) is 0 Å². The summed E-state index contributed by atoms with van der Waals surface area (Å²) in [5.41, 5.74) is 1.24. The molecule has 0 atom stereocenters. The highest BCUT2D eigenvalue weighted by molar-refractivity contribution is 6.30. The van der Waals surface area contributed by atoms with Gasteiger partial charge in [0, 0.05) is 6.07 Å². The van der Waals surface area contributed by atoms with Gasteiger partial charge in [0.2, 0.25) is 0 Å². The van der Waals surface area contributed by atoms with E-state index in [1.165, 1.54) is 17.7 Å². The van der Waals surface area contributed by atoms with Crippen molar-refractivity contribution in [2.45, 2.75) is 19.8 Å². The van der Waals surface area contributed by atoms with Crippen molar-refractivity contribution >= 4 is 11.6 Å². The van der Waals surface area contributed by atoms with Crippen LogP contribution in [0, 0.1) is 5.82 Å². The first-order chi connectivity index (χ1) is 8.56. The highest BCUT2D eigenvalue weighted by Gasteiger charge is 2.04. The molecule has 0 radical (unpaired) electrons. The Balaban J connectivity index is 2.15. The predicted octanol–water partition coefficient (Wildman–Crippen LogP) is 5.39. The van der Waals surface area contributed by atoms with Crippen molar-refractivity contribution < 1.29 is 9.13 Å². The predicted molar refractivity (Wildman–Crippen MR) is 72.0 cm³/mol. The number of rotatable bonds is 3. The summed E-state index contributed by atoms with van der Waals surface area (Å²) in [5.74, 6) is 1.12. The highest BCUT2D eigenvalue weighted by Crippen LogP contribution is 2.26. The van der Waals surface area contributed by atoms with E-state index >= 15 is 0 Å². The van der Waals surface area contributed by atoms with Gasteiger partial charge in [-0.25, -0.2) is 4.39 Å². The molecule has 1 nitrogen and oxygen atoms in total. The molecule has 0 aromatic heterocycles. The lowest BCUT2D eigenvalue weighted by Gasteiger charge is -2.09. The molecule has 0 aliphatic rings. The van der Waals surface area contributed by atoms with E-state index in [9.17, 15) is 4.39 Å². The number of ether oxygens (including phenoxy) is 1. The van der Waals surface area contributed by atoms with Crippen molar-refractivity contribution in [1.29, 1.82) is 0 Å². The Morgan fingerprint density at radius 2 is 1.61 bits per heavy atom. The largest absolute Gasteiger partial charge is 0.457 e. The molecule has 0 aliphatic carbocycles. The third-order valence-electron chi connectivity index (χ3n) is 2.67. The van der Waals surface area contributed by atoms with E-state index < -0.39 is 5.82 Å². The molecule has 0 N–H and O–H groups in total. The van der Waals surface area contributed by atoms with Crippen molar-refractivity contribution in [2.75, 3.05) is 0 Å². The molecule has 0 amide bonds. The summed E-state index contributed by atoms with van der Waals surface area (Å²) in [6, 6.07) is 12.2.